The van der Waals surface area contributed by atoms with Gasteiger partial charge < -0.3 is 15.8 Å². The first-order valence-corrected chi connectivity index (χ1v) is 10.8. The number of ketones is 1. The summed E-state index contributed by atoms with van der Waals surface area (Å²) in [5, 5.41) is 3.27. The van der Waals surface area contributed by atoms with Gasteiger partial charge in [-0.25, -0.2) is 0 Å². The Morgan fingerprint density at radius 3 is 2.59 bits per heavy atom. The first kappa shape index (κ1) is 21.7. The van der Waals surface area contributed by atoms with Gasteiger partial charge >= 0.3 is 0 Å². The normalized spacial score (nSPS) is 18.0. The Kier molecular flexibility index (Phi) is 6.32. The predicted octanol–water partition coefficient (Wildman–Crippen LogP) is 4.42. The van der Waals surface area contributed by atoms with Crippen LogP contribution in [0.3, 0.4) is 0 Å². The number of nitrogens with two attached hydrogens (primary N) is 1. The summed E-state index contributed by atoms with van der Waals surface area (Å²) in [6, 6.07) is 18.2. The Morgan fingerprint density at radius 1 is 1.09 bits per heavy atom. The number of nitrogens with one attached hydrogen (secondary N) is 1. The Hall–Kier alpha value is -3.51. The van der Waals surface area contributed by atoms with Crippen LogP contribution in [-0.4, -0.2) is 29.3 Å². The van der Waals surface area contributed by atoms with Crippen molar-refractivity contribution in [2.24, 2.45) is 5.73 Å². The van der Waals surface area contributed by atoms with Crippen LogP contribution in [0, 0.1) is 0 Å². The number of amides is 1. The molecule has 3 aromatic rings. The zero-order valence-corrected chi connectivity index (χ0v) is 18.2. The summed E-state index contributed by atoms with van der Waals surface area (Å²) in [6.45, 7) is 4.80. The molecule has 32 heavy (non-hydrogen) atoms. The van der Waals surface area contributed by atoms with Crippen molar-refractivity contribution in [1.29, 1.82) is 0 Å². The maximum absolute atomic E-state index is 12.8. The van der Waals surface area contributed by atoms with Crippen LogP contribution in [-0.2, 0) is 0 Å². The van der Waals surface area contributed by atoms with Crippen LogP contribution in [0.15, 0.2) is 66.9 Å². The van der Waals surface area contributed by atoms with Crippen LogP contribution >= 0.6 is 0 Å². The number of carbonyl (C=O) groups excluding carboxylic acids is 2. The third-order valence-electron chi connectivity index (χ3n) is 5.86. The van der Waals surface area contributed by atoms with Gasteiger partial charge in [0.1, 0.15) is 17.2 Å². The molecule has 0 spiro atoms. The Balaban J connectivity index is 1.56. The molecule has 2 heterocycles. The molecule has 4 rings (SSSR count). The van der Waals surface area contributed by atoms with Crippen LogP contribution in [0.1, 0.15) is 64.1 Å². The molecule has 0 aliphatic carbocycles. The van der Waals surface area contributed by atoms with E-state index in [0.717, 1.165) is 16.9 Å². The van der Waals surface area contributed by atoms with E-state index in [0.29, 0.717) is 35.9 Å². The van der Waals surface area contributed by atoms with Crippen molar-refractivity contribution in [3.63, 3.8) is 0 Å². The number of Topliss-reactive ketones (excluding diaryl/α,β-unsaturated/α-hetero) is 1. The smallest absolute Gasteiger partial charge is 0.249 e. The fraction of sp³-hybridized carbons (Fsp3) is 0.269. The summed E-state index contributed by atoms with van der Waals surface area (Å²) in [4.78, 5) is 29.2. The Bertz CT molecular complexity index is 1130. The number of para-hydroxylation sites is 1. The molecule has 2 aromatic carbocycles. The van der Waals surface area contributed by atoms with Gasteiger partial charge in [-0.2, -0.15) is 0 Å². The summed E-state index contributed by atoms with van der Waals surface area (Å²) in [6.07, 6.45) is 2.19. The van der Waals surface area contributed by atoms with Gasteiger partial charge in [-0.15, -0.1) is 0 Å². The number of ether oxygens (including phenoxy) is 1. The lowest BCUT2D eigenvalue weighted by atomic mass is 9.90. The first-order valence-electron chi connectivity index (χ1n) is 10.8. The lowest BCUT2D eigenvalue weighted by molar-refractivity contribution is 0.0946. The largest absolute Gasteiger partial charge is 0.457 e. The second kappa shape index (κ2) is 9.32. The SMILES string of the molecule is CC(C)c1ccccc1Oc1ccc(C2CNC(C(=O)c3ccccn3)C2)c(C(N)=O)c1. The summed E-state index contributed by atoms with van der Waals surface area (Å²) < 4.78 is 6.11. The average Bonchev–Trinajstić information content (AvgIpc) is 3.29. The van der Waals surface area contributed by atoms with E-state index in [1.54, 1.807) is 30.5 Å². The monoisotopic (exact) mass is 429 g/mol. The quantitative estimate of drug-likeness (QED) is 0.542. The first-order chi connectivity index (χ1) is 15.4. The molecule has 1 amide bonds. The van der Waals surface area contributed by atoms with Crippen molar-refractivity contribution in [2.45, 2.75) is 38.1 Å². The topological polar surface area (TPSA) is 94.3 Å². The number of rotatable bonds is 7. The maximum atomic E-state index is 12.8. The predicted molar refractivity (Wildman–Crippen MR) is 123 cm³/mol. The van der Waals surface area contributed by atoms with Gasteiger partial charge in [-0.05, 0) is 59.7 Å². The summed E-state index contributed by atoms with van der Waals surface area (Å²) in [5.74, 6) is 1.06. The van der Waals surface area contributed by atoms with Gasteiger partial charge in [0.25, 0.3) is 0 Å². The lowest BCUT2D eigenvalue weighted by Gasteiger charge is -2.17. The van der Waals surface area contributed by atoms with E-state index in [-0.39, 0.29) is 17.7 Å². The number of primary amides is 1. The van der Waals surface area contributed by atoms with Crippen molar-refractivity contribution in [3.05, 3.63) is 89.2 Å². The zero-order chi connectivity index (χ0) is 22.7. The van der Waals surface area contributed by atoms with E-state index in [4.69, 9.17) is 10.5 Å². The van der Waals surface area contributed by atoms with Gasteiger partial charge in [-0.3, -0.25) is 14.6 Å². The molecule has 1 aliphatic rings. The van der Waals surface area contributed by atoms with Crippen molar-refractivity contribution in [1.82, 2.24) is 10.3 Å². The molecule has 0 saturated carbocycles. The van der Waals surface area contributed by atoms with E-state index in [1.807, 2.05) is 36.4 Å². The molecule has 0 radical (unpaired) electrons. The summed E-state index contributed by atoms with van der Waals surface area (Å²) in [5.41, 5.74) is 8.49. The van der Waals surface area contributed by atoms with E-state index < -0.39 is 5.91 Å². The Morgan fingerprint density at radius 2 is 1.88 bits per heavy atom. The molecule has 6 heteroatoms. The summed E-state index contributed by atoms with van der Waals surface area (Å²) >= 11 is 0. The van der Waals surface area contributed by atoms with E-state index >= 15 is 0 Å². The van der Waals surface area contributed by atoms with Crippen LogP contribution in [0.25, 0.3) is 0 Å². The van der Waals surface area contributed by atoms with E-state index in [9.17, 15) is 9.59 Å². The molecule has 2 atom stereocenters. The number of pyridine rings is 1. The minimum absolute atomic E-state index is 0.00726. The number of benzene rings is 2. The van der Waals surface area contributed by atoms with Crippen LogP contribution < -0.4 is 15.8 Å². The van der Waals surface area contributed by atoms with Gasteiger partial charge in [0, 0.05) is 18.3 Å². The van der Waals surface area contributed by atoms with Crippen molar-refractivity contribution in [2.75, 3.05) is 6.54 Å². The number of hydrogen-bond donors (Lipinski definition) is 2. The third-order valence-corrected chi connectivity index (χ3v) is 5.86. The molecular formula is C26H27N3O3. The van der Waals surface area contributed by atoms with Crippen molar-refractivity contribution in [3.8, 4) is 11.5 Å². The molecule has 2 unspecified atom stereocenters. The maximum Gasteiger partial charge on any atom is 0.249 e. The summed E-state index contributed by atoms with van der Waals surface area (Å²) in [7, 11) is 0. The lowest BCUT2D eigenvalue weighted by Crippen LogP contribution is -2.31. The minimum Gasteiger partial charge on any atom is -0.457 e. The van der Waals surface area contributed by atoms with E-state index in [1.165, 1.54) is 0 Å². The number of carbonyl (C=O) groups is 2. The highest BCUT2D eigenvalue weighted by Crippen LogP contribution is 2.34. The highest BCUT2D eigenvalue weighted by molar-refractivity contribution is 5.99. The molecule has 6 nitrogen and oxygen atoms in total. The fourth-order valence-corrected chi connectivity index (χ4v) is 4.21. The molecular weight excluding hydrogens is 402 g/mol. The van der Waals surface area contributed by atoms with Crippen molar-refractivity contribution < 1.29 is 14.3 Å². The van der Waals surface area contributed by atoms with Gasteiger partial charge in [0.2, 0.25) is 5.91 Å². The van der Waals surface area contributed by atoms with Crippen LogP contribution in [0.2, 0.25) is 0 Å². The zero-order valence-electron chi connectivity index (χ0n) is 18.2. The molecule has 3 N–H and O–H groups in total. The van der Waals surface area contributed by atoms with Crippen molar-refractivity contribution >= 4 is 11.7 Å². The average molecular weight is 430 g/mol. The molecule has 1 aromatic heterocycles. The molecule has 0 bridgehead atoms. The molecule has 1 saturated heterocycles. The fourth-order valence-electron chi connectivity index (χ4n) is 4.21. The highest BCUT2D eigenvalue weighted by atomic mass is 16.5. The van der Waals surface area contributed by atoms with Gasteiger partial charge in [0.15, 0.2) is 5.78 Å². The third kappa shape index (κ3) is 4.55. The molecule has 164 valence electrons. The number of hydrogen-bond acceptors (Lipinski definition) is 5. The number of aromatic nitrogens is 1. The molecule has 1 aliphatic heterocycles. The van der Waals surface area contributed by atoms with Crippen LogP contribution in [0.5, 0.6) is 11.5 Å². The second-order valence-electron chi connectivity index (χ2n) is 8.38. The molecule has 1 fully saturated rings. The Labute approximate surface area is 187 Å². The number of nitrogens with zero attached hydrogens (tertiary/aromatic N) is 1. The van der Waals surface area contributed by atoms with Crippen LogP contribution in [0.4, 0.5) is 0 Å². The standard InChI is InChI=1S/C26H27N3O3/c1-16(2)19-7-3-4-9-24(19)32-18-10-11-20(21(14-18)26(27)31)17-13-23(29-15-17)25(30)22-8-5-6-12-28-22/h3-12,14,16-17,23,29H,13,15H2,1-2H3,(H2,27,31). The van der Waals surface area contributed by atoms with E-state index in [2.05, 4.69) is 24.1 Å². The minimum atomic E-state index is -0.512. The second-order valence-corrected chi connectivity index (χ2v) is 8.38. The van der Waals surface area contributed by atoms with Gasteiger partial charge in [0.05, 0.1) is 6.04 Å². The highest BCUT2D eigenvalue weighted by Gasteiger charge is 2.33. The van der Waals surface area contributed by atoms with Gasteiger partial charge in [-0.1, -0.05) is 44.2 Å².